The molecule has 0 bridgehead atoms. The Morgan fingerprint density at radius 1 is 1.20 bits per heavy atom. The zero-order valence-electron chi connectivity index (χ0n) is 14.5. The molecule has 0 saturated carbocycles. The minimum Gasteiger partial charge on any atom is -0.378 e. The van der Waals surface area contributed by atoms with Crippen LogP contribution in [-0.2, 0) is 4.74 Å². The van der Waals surface area contributed by atoms with Crippen molar-refractivity contribution in [3.05, 3.63) is 30.6 Å². The van der Waals surface area contributed by atoms with Gasteiger partial charge in [-0.15, -0.1) is 0 Å². The number of hydrogen-bond donors (Lipinski definition) is 2. The predicted octanol–water partition coefficient (Wildman–Crippen LogP) is 2.68. The van der Waals surface area contributed by atoms with Crippen LogP contribution in [0.4, 0.5) is 11.6 Å². The van der Waals surface area contributed by atoms with E-state index in [9.17, 15) is 0 Å². The maximum atomic E-state index is 5.43. The second-order valence-electron chi connectivity index (χ2n) is 6.49. The summed E-state index contributed by atoms with van der Waals surface area (Å²) in [6, 6.07) is 6.46. The largest absolute Gasteiger partial charge is 0.378 e. The monoisotopic (exact) mass is 338 g/mol. The number of fused-ring (bicyclic) bond motifs is 1. The Kier molecular flexibility index (Phi) is 4.23. The van der Waals surface area contributed by atoms with Crippen LogP contribution >= 0.6 is 0 Å². The molecule has 7 heteroatoms. The molecule has 0 atom stereocenters. The molecule has 1 aliphatic heterocycles. The smallest absolute Gasteiger partial charge is 0.129 e. The number of nitrogens with zero attached hydrogens (tertiary/aromatic N) is 4. The zero-order valence-corrected chi connectivity index (χ0v) is 14.5. The van der Waals surface area contributed by atoms with Crippen LogP contribution in [0.1, 0.15) is 13.8 Å². The Hall–Kier alpha value is -2.67. The average Bonchev–Trinajstić information content (AvgIpc) is 3.05. The summed E-state index contributed by atoms with van der Waals surface area (Å²) in [6.07, 6.45) is 3.66. The van der Waals surface area contributed by atoms with E-state index in [1.807, 2.05) is 24.5 Å². The lowest BCUT2D eigenvalue weighted by Gasteiger charge is -2.27. The molecule has 0 aliphatic carbocycles. The van der Waals surface area contributed by atoms with Gasteiger partial charge in [0.25, 0.3) is 0 Å². The van der Waals surface area contributed by atoms with Gasteiger partial charge in [-0.2, -0.15) is 5.10 Å². The van der Waals surface area contributed by atoms with Crippen molar-refractivity contribution in [2.75, 3.05) is 36.5 Å². The maximum absolute atomic E-state index is 5.43. The molecule has 2 N–H and O–H groups in total. The summed E-state index contributed by atoms with van der Waals surface area (Å²) in [6.45, 7) is 7.41. The van der Waals surface area contributed by atoms with Crippen LogP contribution in [0.2, 0.25) is 0 Å². The first-order chi connectivity index (χ1) is 12.2. The molecule has 0 unspecified atom stereocenters. The summed E-state index contributed by atoms with van der Waals surface area (Å²) in [7, 11) is 0. The minimum atomic E-state index is 0.328. The molecule has 0 amide bonds. The SMILES string of the molecule is CC(C)Nc1cc2c(-c3ccnc(N4CCOCC4)c3)n[nH]c2cn1. The first kappa shape index (κ1) is 15.8. The molecule has 0 radical (unpaired) electrons. The van der Waals surface area contributed by atoms with Gasteiger partial charge >= 0.3 is 0 Å². The van der Waals surface area contributed by atoms with E-state index in [1.54, 1.807) is 0 Å². The lowest BCUT2D eigenvalue weighted by molar-refractivity contribution is 0.122. The van der Waals surface area contributed by atoms with Crippen molar-refractivity contribution < 1.29 is 4.74 Å². The van der Waals surface area contributed by atoms with Gasteiger partial charge < -0.3 is 15.0 Å². The molecule has 4 heterocycles. The van der Waals surface area contributed by atoms with Gasteiger partial charge in [-0.25, -0.2) is 9.97 Å². The fourth-order valence-electron chi connectivity index (χ4n) is 3.04. The van der Waals surface area contributed by atoms with E-state index in [2.05, 4.69) is 50.3 Å². The molecule has 7 nitrogen and oxygen atoms in total. The number of nitrogens with one attached hydrogen (secondary N) is 2. The number of aromatic amines is 1. The third-order valence-corrected chi connectivity index (χ3v) is 4.24. The van der Waals surface area contributed by atoms with Crippen LogP contribution in [0.5, 0.6) is 0 Å². The van der Waals surface area contributed by atoms with Gasteiger partial charge in [0.15, 0.2) is 0 Å². The number of pyridine rings is 2. The fraction of sp³-hybridized carbons (Fsp3) is 0.389. The molecular formula is C18H22N6O. The highest BCUT2D eigenvalue weighted by molar-refractivity contribution is 5.94. The highest BCUT2D eigenvalue weighted by Gasteiger charge is 2.15. The van der Waals surface area contributed by atoms with E-state index in [1.165, 1.54) is 0 Å². The van der Waals surface area contributed by atoms with Crippen LogP contribution in [0.15, 0.2) is 30.6 Å². The van der Waals surface area contributed by atoms with Crippen molar-refractivity contribution in [3.63, 3.8) is 0 Å². The Bertz CT molecular complexity index is 869. The molecule has 1 saturated heterocycles. The van der Waals surface area contributed by atoms with Gasteiger partial charge in [0, 0.05) is 36.3 Å². The van der Waals surface area contributed by atoms with E-state index in [-0.39, 0.29) is 0 Å². The van der Waals surface area contributed by atoms with Crippen LogP contribution < -0.4 is 10.2 Å². The van der Waals surface area contributed by atoms with E-state index < -0.39 is 0 Å². The average molecular weight is 338 g/mol. The van der Waals surface area contributed by atoms with Crippen LogP contribution in [0.25, 0.3) is 22.2 Å². The number of ether oxygens (including phenoxy) is 1. The highest BCUT2D eigenvalue weighted by Crippen LogP contribution is 2.29. The van der Waals surface area contributed by atoms with Crippen molar-refractivity contribution in [1.82, 2.24) is 20.2 Å². The van der Waals surface area contributed by atoms with Crippen molar-refractivity contribution >= 4 is 22.5 Å². The number of hydrogen-bond acceptors (Lipinski definition) is 6. The van der Waals surface area contributed by atoms with Crippen molar-refractivity contribution in [3.8, 4) is 11.3 Å². The topological polar surface area (TPSA) is 79.0 Å². The molecule has 130 valence electrons. The summed E-state index contributed by atoms with van der Waals surface area (Å²) in [5.41, 5.74) is 2.89. The van der Waals surface area contributed by atoms with E-state index in [4.69, 9.17) is 4.74 Å². The van der Waals surface area contributed by atoms with Gasteiger partial charge in [0.05, 0.1) is 24.9 Å². The first-order valence-electron chi connectivity index (χ1n) is 8.60. The Morgan fingerprint density at radius 3 is 2.84 bits per heavy atom. The van der Waals surface area contributed by atoms with Gasteiger partial charge in [-0.3, -0.25) is 5.10 Å². The molecule has 0 aromatic carbocycles. The van der Waals surface area contributed by atoms with Crippen molar-refractivity contribution in [2.24, 2.45) is 0 Å². The number of aromatic nitrogens is 4. The van der Waals surface area contributed by atoms with Gasteiger partial charge in [0.2, 0.25) is 0 Å². The lowest BCUT2D eigenvalue weighted by atomic mass is 10.1. The fourth-order valence-corrected chi connectivity index (χ4v) is 3.04. The summed E-state index contributed by atoms with van der Waals surface area (Å²) in [4.78, 5) is 11.2. The second kappa shape index (κ2) is 6.68. The third-order valence-electron chi connectivity index (χ3n) is 4.24. The predicted molar refractivity (Wildman–Crippen MR) is 98.9 cm³/mol. The number of morpholine rings is 1. The summed E-state index contributed by atoms with van der Waals surface area (Å²) < 4.78 is 5.43. The van der Waals surface area contributed by atoms with E-state index in [0.717, 1.165) is 60.1 Å². The first-order valence-corrected chi connectivity index (χ1v) is 8.60. The molecule has 3 aromatic rings. The third kappa shape index (κ3) is 3.28. The lowest BCUT2D eigenvalue weighted by Crippen LogP contribution is -2.36. The standard InChI is InChI=1S/C18H22N6O/c1-12(2)21-16-10-14-15(11-20-16)22-23-18(14)13-3-4-19-17(9-13)24-5-7-25-8-6-24/h3-4,9-12H,5-8H2,1-2H3,(H,20,21)(H,22,23). The normalized spacial score (nSPS) is 15.1. The Balaban J connectivity index is 1.71. The summed E-state index contributed by atoms with van der Waals surface area (Å²) in [5.74, 6) is 1.82. The zero-order chi connectivity index (χ0) is 17.2. The van der Waals surface area contributed by atoms with E-state index >= 15 is 0 Å². The molecule has 4 rings (SSSR count). The van der Waals surface area contributed by atoms with Gasteiger partial charge in [0.1, 0.15) is 17.3 Å². The number of anilines is 2. The molecule has 3 aromatic heterocycles. The minimum absolute atomic E-state index is 0.328. The van der Waals surface area contributed by atoms with Crippen molar-refractivity contribution in [2.45, 2.75) is 19.9 Å². The second-order valence-corrected chi connectivity index (χ2v) is 6.49. The molecule has 1 aliphatic rings. The quantitative estimate of drug-likeness (QED) is 0.761. The highest BCUT2D eigenvalue weighted by atomic mass is 16.5. The van der Waals surface area contributed by atoms with Gasteiger partial charge in [-0.05, 0) is 32.0 Å². The van der Waals surface area contributed by atoms with Crippen molar-refractivity contribution in [1.29, 1.82) is 0 Å². The number of H-pyrrole nitrogens is 1. The maximum Gasteiger partial charge on any atom is 0.129 e. The molecule has 0 spiro atoms. The summed E-state index contributed by atoms with van der Waals surface area (Å²) in [5, 5.41) is 12.0. The molecule has 25 heavy (non-hydrogen) atoms. The molecule has 1 fully saturated rings. The van der Waals surface area contributed by atoms with Crippen LogP contribution in [-0.4, -0.2) is 52.5 Å². The van der Waals surface area contributed by atoms with Crippen LogP contribution in [0, 0.1) is 0 Å². The summed E-state index contributed by atoms with van der Waals surface area (Å²) >= 11 is 0. The Morgan fingerprint density at radius 2 is 2.04 bits per heavy atom. The van der Waals surface area contributed by atoms with Gasteiger partial charge in [-0.1, -0.05) is 0 Å². The molecular weight excluding hydrogens is 316 g/mol. The number of rotatable bonds is 4. The Labute approximate surface area is 146 Å². The van der Waals surface area contributed by atoms with Crippen LogP contribution in [0.3, 0.4) is 0 Å². The van der Waals surface area contributed by atoms with E-state index in [0.29, 0.717) is 6.04 Å².